The first-order chi connectivity index (χ1) is 15.6. The van der Waals surface area contributed by atoms with Gasteiger partial charge >= 0.3 is 0 Å². The van der Waals surface area contributed by atoms with Gasteiger partial charge in [-0.1, -0.05) is 51.6 Å². The van der Waals surface area contributed by atoms with Crippen molar-refractivity contribution in [1.29, 1.82) is 0 Å². The number of oxime groups is 1. The van der Waals surface area contributed by atoms with Gasteiger partial charge in [-0.25, -0.2) is 0 Å². The zero-order chi connectivity index (χ0) is 24.3. The summed E-state index contributed by atoms with van der Waals surface area (Å²) in [4.78, 5) is 5.33. The fraction of sp³-hybridized carbons (Fsp3) is 0.375. The van der Waals surface area contributed by atoms with Crippen LogP contribution in [0.25, 0.3) is 0 Å². The zero-order valence-corrected chi connectivity index (χ0v) is 21.8. The molecule has 5 nitrogen and oxygen atoms in total. The van der Waals surface area contributed by atoms with E-state index in [9.17, 15) is 0 Å². The lowest BCUT2D eigenvalue weighted by atomic mass is 10.2. The molecule has 0 amide bonds. The van der Waals surface area contributed by atoms with E-state index in [-0.39, 0.29) is 16.7 Å². The van der Waals surface area contributed by atoms with Crippen molar-refractivity contribution in [2.45, 2.75) is 39.2 Å². The monoisotopic (exact) mass is 533 g/mol. The van der Waals surface area contributed by atoms with E-state index < -0.39 is 0 Å². The Labute approximate surface area is 215 Å². The van der Waals surface area contributed by atoms with Gasteiger partial charge in [0, 0.05) is 12.1 Å². The molecule has 0 radical (unpaired) electrons. The van der Waals surface area contributed by atoms with Crippen molar-refractivity contribution in [3.63, 3.8) is 0 Å². The van der Waals surface area contributed by atoms with Crippen molar-refractivity contribution in [2.75, 3.05) is 19.8 Å². The Balaban J connectivity index is 1.69. The summed E-state index contributed by atoms with van der Waals surface area (Å²) >= 11 is 23.6. The lowest BCUT2D eigenvalue weighted by molar-refractivity contribution is 0.00199. The maximum atomic E-state index is 6.26. The lowest BCUT2D eigenvalue weighted by Crippen LogP contribution is -2.15. The summed E-state index contributed by atoms with van der Waals surface area (Å²) in [5.74, 6) is 1.71. The van der Waals surface area contributed by atoms with Crippen LogP contribution in [-0.4, -0.2) is 31.6 Å². The number of ether oxygens (including phenoxy) is 3. The Morgan fingerprint density at radius 2 is 1.48 bits per heavy atom. The van der Waals surface area contributed by atoms with E-state index in [4.69, 9.17) is 65.5 Å². The van der Waals surface area contributed by atoms with Crippen LogP contribution in [-0.2, 0) is 4.84 Å². The third kappa shape index (κ3) is 11.3. The third-order valence-electron chi connectivity index (χ3n) is 3.92. The summed E-state index contributed by atoms with van der Waals surface area (Å²) in [6.45, 7) is 7.06. The molecule has 0 aliphatic rings. The number of unbranched alkanes of at least 4 members (excludes halogenated alkanes) is 1. The first kappa shape index (κ1) is 27.5. The molecule has 0 spiro atoms. The van der Waals surface area contributed by atoms with Crippen LogP contribution >= 0.6 is 46.4 Å². The summed E-state index contributed by atoms with van der Waals surface area (Å²) in [5.41, 5.74) is 0.624. The zero-order valence-electron chi connectivity index (χ0n) is 18.7. The molecule has 0 aliphatic heterocycles. The number of rotatable bonds is 12. The van der Waals surface area contributed by atoms with Crippen LogP contribution in [0.5, 0.6) is 17.2 Å². The molecule has 0 aliphatic carbocycles. The smallest absolute Gasteiger partial charge is 0.156 e. The predicted octanol–water partition coefficient (Wildman–Crippen LogP) is 8.08. The van der Waals surface area contributed by atoms with Crippen LogP contribution < -0.4 is 14.2 Å². The SMILES string of the molecule is CC(C)(C)O/N=C/c1ccc(OCCCCOc2c(Cl)cc(OCC=C(Cl)Cl)cc2Cl)cc1. The third-order valence-corrected chi connectivity index (χ3v) is 4.79. The highest BCUT2D eigenvalue weighted by molar-refractivity contribution is 6.55. The second-order valence-electron chi connectivity index (χ2n) is 7.93. The highest BCUT2D eigenvalue weighted by Gasteiger charge is 2.11. The van der Waals surface area contributed by atoms with Crippen LogP contribution in [0.3, 0.4) is 0 Å². The molecule has 0 unspecified atom stereocenters. The van der Waals surface area contributed by atoms with Crippen LogP contribution in [0.1, 0.15) is 39.2 Å². The number of nitrogens with zero attached hydrogens (tertiary/aromatic N) is 1. The fourth-order valence-corrected chi connectivity index (χ4v) is 3.12. The molecule has 180 valence electrons. The van der Waals surface area contributed by atoms with Gasteiger partial charge in [-0.05, 0) is 69.5 Å². The van der Waals surface area contributed by atoms with Gasteiger partial charge in [0.15, 0.2) is 5.75 Å². The van der Waals surface area contributed by atoms with Gasteiger partial charge in [0.2, 0.25) is 0 Å². The van der Waals surface area contributed by atoms with Crippen molar-refractivity contribution in [3.05, 3.63) is 62.6 Å². The first-order valence-electron chi connectivity index (χ1n) is 10.3. The van der Waals surface area contributed by atoms with Gasteiger partial charge in [0.1, 0.15) is 28.2 Å². The normalized spacial score (nSPS) is 11.4. The molecule has 0 aromatic heterocycles. The number of hydrogen-bond acceptors (Lipinski definition) is 5. The van der Waals surface area contributed by atoms with Gasteiger partial charge in [-0.2, -0.15) is 0 Å². The number of benzene rings is 2. The molecule has 2 rings (SSSR count). The van der Waals surface area contributed by atoms with Crippen molar-refractivity contribution >= 4 is 52.6 Å². The van der Waals surface area contributed by atoms with Crippen molar-refractivity contribution < 1.29 is 19.0 Å². The van der Waals surface area contributed by atoms with E-state index in [1.807, 2.05) is 45.0 Å². The molecule has 0 heterocycles. The average molecular weight is 535 g/mol. The Morgan fingerprint density at radius 3 is 2.06 bits per heavy atom. The second-order valence-corrected chi connectivity index (χ2v) is 9.75. The minimum Gasteiger partial charge on any atom is -0.494 e. The summed E-state index contributed by atoms with van der Waals surface area (Å²) in [5, 5.41) is 4.72. The Hall–Kier alpha value is -1.79. The molecule has 0 N–H and O–H groups in total. The predicted molar refractivity (Wildman–Crippen MR) is 137 cm³/mol. The molecule has 2 aromatic rings. The van der Waals surface area contributed by atoms with E-state index in [0.29, 0.717) is 34.8 Å². The fourth-order valence-electron chi connectivity index (χ4n) is 2.42. The van der Waals surface area contributed by atoms with E-state index in [2.05, 4.69) is 5.16 Å². The molecule has 0 fully saturated rings. The molecule has 2 aromatic carbocycles. The summed E-state index contributed by atoms with van der Waals surface area (Å²) < 4.78 is 17.1. The van der Waals surface area contributed by atoms with Crippen LogP contribution in [0.4, 0.5) is 0 Å². The van der Waals surface area contributed by atoms with Gasteiger partial charge in [0.25, 0.3) is 0 Å². The van der Waals surface area contributed by atoms with Crippen molar-refractivity contribution in [2.24, 2.45) is 5.16 Å². The van der Waals surface area contributed by atoms with Gasteiger partial charge < -0.3 is 19.0 Å². The number of hydrogen-bond donors (Lipinski definition) is 0. The summed E-state index contributed by atoms with van der Waals surface area (Å²) in [6.07, 6.45) is 4.78. The van der Waals surface area contributed by atoms with Crippen LogP contribution in [0, 0.1) is 0 Å². The standard InChI is InChI=1S/C24H27Cl4NO4/c1-24(2,3)33-29-16-17-6-8-18(9-7-17)30-11-4-5-12-32-23-20(25)14-19(15-21(23)26)31-13-10-22(27)28/h6-10,14-16H,4-5,11-13H2,1-3H3/b29-16+. The van der Waals surface area contributed by atoms with Crippen LogP contribution in [0.2, 0.25) is 10.0 Å². The molecule has 0 atom stereocenters. The molecule has 9 heteroatoms. The quantitative estimate of drug-likeness (QED) is 0.157. The van der Waals surface area contributed by atoms with E-state index in [1.54, 1.807) is 18.3 Å². The molecule has 0 saturated carbocycles. The Kier molecular flexibility index (Phi) is 11.5. The highest BCUT2D eigenvalue weighted by atomic mass is 35.5. The first-order valence-corrected chi connectivity index (χ1v) is 11.9. The maximum absolute atomic E-state index is 6.26. The Morgan fingerprint density at radius 1 is 0.879 bits per heavy atom. The average Bonchev–Trinajstić information content (AvgIpc) is 2.72. The minimum atomic E-state index is -0.310. The molecule has 0 bridgehead atoms. The molecule has 0 saturated heterocycles. The second kappa shape index (κ2) is 13.8. The van der Waals surface area contributed by atoms with Crippen molar-refractivity contribution in [1.82, 2.24) is 0 Å². The lowest BCUT2D eigenvalue weighted by Gasteiger charge is -2.14. The molecular formula is C24H27Cl4NO4. The van der Waals surface area contributed by atoms with Gasteiger partial charge in [-0.15, -0.1) is 0 Å². The Bertz CT molecular complexity index is 913. The topological polar surface area (TPSA) is 49.3 Å². The molecular weight excluding hydrogens is 508 g/mol. The minimum absolute atomic E-state index is 0.129. The van der Waals surface area contributed by atoms with E-state index in [0.717, 1.165) is 24.2 Å². The highest BCUT2D eigenvalue weighted by Crippen LogP contribution is 2.37. The van der Waals surface area contributed by atoms with Crippen molar-refractivity contribution in [3.8, 4) is 17.2 Å². The summed E-state index contributed by atoms with van der Waals surface area (Å²) in [6, 6.07) is 10.9. The largest absolute Gasteiger partial charge is 0.494 e. The van der Waals surface area contributed by atoms with Gasteiger partial charge in [0.05, 0.1) is 29.5 Å². The van der Waals surface area contributed by atoms with Gasteiger partial charge in [-0.3, -0.25) is 0 Å². The van der Waals surface area contributed by atoms with E-state index >= 15 is 0 Å². The van der Waals surface area contributed by atoms with E-state index in [1.165, 1.54) is 6.08 Å². The summed E-state index contributed by atoms with van der Waals surface area (Å²) in [7, 11) is 0. The van der Waals surface area contributed by atoms with Crippen LogP contribution in [0.15, 0.2) is 52.1 Å². The maximum Gasteiger partial charge on any atom is 0.156 e. The number of halogens is 4. The molecule has 33 heavy (non-hydrogen) atoms.